The Morgan fingerprint density at radius 3 is 2.50 bits per heavy atom. The van der Waals surface area contributed by atoms with Crippen molar-refractivity contribution in [2.45, 2.75) is 58.3 Å². The first kappa shape index (κ1) is 20.8. The molecule has 1 unspecified atom stereocenters. The Morgan fingerprint density at radius 1 is 1.18 bits per heavy atom. The maximum Gasteiger partial charge on any atom is 0.207 e. The third kappa shape index (κ3) is 4.74. The number of aromatic nitrogens is 1. The van der Waals surface area contributed by atoms with Gasteiger partial charge in [0.25, 0.3) is 0 Å². The van der Waals surface area contributed by atoms with Gasteiger partial charge < -0.3 is 14.6 Å². The fourth-order valence-corrected chi connectivity index (χ4v) is 4.32. The van der Waals surface area contributed by atoms with Crippen LogP contribution in [0.5, 0.6) is 5.75 Å². The van der Waals surface area contributed by atoms with Gasteiger partial charge in [0.05, 0.1) is 12.8 Å². The minimum absolute atomic E-state index is 0.00715. The predicted molar refractivity (Wildman–Crippen MR) is 116 cm³/mol. The highest BCUT2D eigenvalue weighted by Crippen LogP contribution is 2.39. The summed E-state index contributed by atoms with van der Waals surface area (Å²) in [6, 6.07) is 8.50. The molecule has 28 heavy (non-hydrogen) atoms. The number of pyridine rings is 1. The number of hydrazine groups is 1. The summed E-state index contributed by atoms with van der Waals surface area (Å²) in [4.78, 5) is 4.12. The smallest absolute Gasteiger partial charge is 0.207 e. The molecule has 1 N–H and O–H groups in total. The topological polar surface area (TPSA) is 46.6 Å². The number of ether oxygens (including phenoxy) is 1. The lowest BCUT2D eigenvalue weighted by Crippen LogP contribution is -2.37. The van der Waals surface area contributed by atoms with Gasteiger partial charge in [-0.05, 0) is 72.3 Å². The Hall–Kier alpha value is -1.89. The first-order chi connectivity index (χ1) is 13.3. The molecule has 151 valence electrons. The highest BCUT2D eigenvalue weighted by molar-refractivity contribution is 6.48. The fraction of sp³-hybridized carbons (Fsp3) is 0.500. The van der Waals surface area contributed by atoms with Gasteiger partial charge in [-0.3, -0.25) is 4.98 Å². The number of nitrogens with zero attached hydrogens (tertiary/aromatic N) is 2. The number of aryl methyl sites for hydroxylation is 1. The molecule has 5 nitrogen and oxygen atoms in total. The minimum Gasteiger partial charge on any atom is -0.496 e. The molecule has 3 rings (SSSR count). The first-order valence-electron chi connectivity index (χ1n) is 9.91. The minimum atomic E-state index is -0.903. The van der Waals surface area contributed by atoms with Gasteiger partial charge in [0.15, 0.2) is 0 Å². The lowest BCUT2D eigenvalue weighted by atomic mass is 9.83. The van der Waals surface area contributed by atoms with E-state index in [0.717, 1.165) is 30.8 Å². The van der Waals surface area contributed by atoms with Gasteiger partial charge in [-0.25, -0.2) is 0 Å². The van der Waals surface area contributed by atoms with Crippen LogP contribution in [0.3, 0.4) is 0 Å². The second-order valence-electron chi connectivity index (χ2n) is 8.52. The van der Waals surface area contributed by atoms with Crippen molar-refractivity contribution in [2.75, 3.05) is 19.1 Å². The average Bonchev–Trinajstić information content (AvgIpc) is 2.80. The van der Waals surface area contributed by atoms with Crippen LogP contribution in [0.25, 0.3) is 0 Å². The van der Waals surface area contributed by atoms with Crippen LogP contribution in [-0.4, -0.2) is 32.7 Å². The quantitative estimate of drug-likeness (QED) is 0.724. The van der Waals surface area contributed by atoms with Gasteiger partial charge in [0.2, 0.25) is 9.04 Å². The maximum absolute atomic E-state index is 6.53. The third-order valence-corrected chi connectivity index (χ3v) is 5.66. The number of hydrogen-bond donors (Lipinski definition) is 1. The molecule has 2 aromatic rings. The van der Waals surface area contributed by atoms with E-state index >= 15 is 0 Å². The predicted octanol–water partition coefficient (Wildman–Crippen LogP) is 4.93. The molecule has 1 aliphatic rings. The molecule has 0 saturated heterocycles. The molecular formula is C22H32N3O2Si. The van der Waals surface area contributed by atoms with E-state index in [1.807, 2.05) is 12.1 Å². The molecule has 1 radical (unpaired) electrons. The van der Waals surface area contributed by atoms with Crippen LogP contribution in [-0.2, 0) is 16.3 Å². The number of nitrogens with one attached hydrogen (secondary N) is 1. The summed E-state index contributed by atoms with van der Waals surface area (Å²) in [5.41, 5.74) is 8.36. The van der Waals surface area contributed by atoms with Crippen molar-refractivity contribution in [3.63, 3.8) is 0 Å². The van der Waals surface area contributed by atoms with Crippen molar-refractivity contribution in [1.29, 1.82) is 0 Å². The number of anilines is 1. The number of hydrogen-bond acceptors (Lipinski definition) is 5. The third-order valence-electron chi connectivity index (χ3n) is 4.96. The van der Waals surface area contributed by atoms with E-state index < -0.39 is 9.04 Å². The Balaban J connectivity index is 2.06. The largest absolute Gasteiger partial charge is 0.496 e. The van der Waals surface area contributed by atoms with E-state index in [1.165, 1.54) is 16.7 Å². The van der Waals surface area contributed by atoms with Crippen molar-refractivity contribution < 1.29 is 9.16 Å². The van der Waals surface area contributed by atoms with Crippen molar-refractivity contribution >= 4 is 14.7 Å². The molecule has 1 aliphatic heterocycles. The lowest BCUT2D eigenvalue weighted by Gasteiger charge is -2.34. The van der Waals surface area contributed by atoms with Gasteiger partial charge >= 0.3 is 0 Å². The molecule has 0 saturated carbocycles. The molecule has 0 bridgehead atoms. The zero-order valence-corrected chi connectivity index (χ0v) is 18.9. The summed E-state index contributed by atoms with van der Waals surface area (Å²) in [6.07, 6.45) is 5.56. The number of methoxy groups -OCH3 is 1. The molecule has 0 spiro atoms. The SMILES string of the molecule is COc1cc2c(cc1C(C)(C)C)C(O[Si](C)C)N(Nc1ccncc1)CCC2. The first-order valence-corrected chi connectivity index (χ1v) is 12.3. The molecular weight excluding hydrogens is 366 g/mol. The van der Waals surface area contributed by atoms with Crippen LogP contribution in [0.4, 0.5) is 5.69 Å². The standard InChI is InChI=1S/C22H32N3O2Si/c1-22(2,3)19-15-18-16(14-20(19)26-4)8-7-13-25(21(18)27-28(5)6)24-17-9-11-23-12-10-17/h9-12,14-15,21H,7-8,13H2,1-6H3,(H,23,24). The summed E-state index contributed by atoms with van der Waals surface area (Å²) in [7, 11) is 0.859. The van der Waals surface area contributed by atoms with E-state index in [-0.39, 0.29) is 11.6 Å². The second-order valence-corrected chi connectivity index (χ2v) is 10.6. The number of fused-ring (bicyclic) bond motifs is 1. The maximum atomic E-state index is 6.53. The van der Waals surface area contributed by atoms with E-state index in [1.54, 1.807) is 19.5 Å². The highest BCUT2D eigenvalue weighted by Gasteiger charge is 2.31. The highest BCUT2D eigenvalue weighted by atomic mass is 28.3. The van der Waals surface area contributed by atoms with Gasteiger partial charge in [-0.2, -0.15) is 5.01 Å². The van der Waals surface area contributed by atoms with Gasteiger partial charge in [-0.1, -0.05) is 20.8 Å². The molecule has 1 atom stereocenters. The molecule has 6 heteroatoms. The Kier molecular flexibility index (Phi) is 6.42. The molecule has 2 heterocycles. The van der Waals surface area contributed by atoms with Crippen molar-refractivity contribution in [1.82, 2.24) is 9.99 Å². The Morgan fingerprint density at radius 2 is 1.89 bits per heavy atom. The molecule has 0 amide bonds. The zero-order chi connectivity index (χ0) is 20.3. The zero-order valence-electron chi connectivity index (χ0n) is 17.9. The normalized spacial score (nSPS) is 17.9. The van der Waals surface area contributed by atoms with E-state index in [9.17, 15) is 0 Å². The van der Waals surface area contributed by atoms with Crippen LogP contribution in [0.2, 0.25) is 13.1 Å². The van der Waals surface area contributed by atoms with Crippen molar-refractivity contribution in [2.24, 2.45) is 0 Å². The van der Waals surface area contributed by atoms with Crippen LogP contribution in [0.15, 0.2) is 36.7 Å². The second kappa shape index (κ2) is 8.63. The monoisotopic (exact) mass is 398 g/mol. The summed E-state index contributed by atoms with van der Waals surface area (Å²) in [5, 5.41) is 2.23. The van der Waals surface area contributed by atoms with Gasteiger partial charge in [0, 0.05) is 18.9 Å². The Bertz CT molecular complexity index is 790. The number of benzene rings is 1. The summed E-state index contributed by atoms with van der Waals surface area (Å²) >= 11 is 0. The number of rotatable bonds is 5. The fourth-order valence-electron chi connectivity index (χ4n) is 3.62. The van der Waals surface area contributed by atoms with E-state index in [2.05, 4.69) is 61.4 Å². The van der Waals surface area contributed by atoms with Crippen LogP contribution in [0.1, 0.15) is 50.1 Å². The van der Waals surface area contributed by atoms with Gasteiger partial charge in [0.1, 0.15) is 12.0 Å². The molecule has 0 fully saturated rings. The summed E-state index contributed by atoms with van der Waals surface area (Å²) in [5.74, 6) is 0.971. The van der Waals surface area contributed by atoms with Crippen molar-refractivity contribution in [3.05, 3.63) is 53.3 Å². The average molecular weight is 399 g/mol. The van der Waals surface area contributed by atoms with Gasteiger partial charge in [-0.15, -0.1) is 0 Å². The summed E-state index contributed by atoms with van der Waals surface area (Å²) < 4.78 is 12.3. The molecule has 1 aromatic heterocycles. The van der Waals surface area contributed by atoms with E-state index in [0.29, 0.717) is 0 Å². The van der Waals surface area contributed by atoms with Crippen LogP contribution >= 0.6 is 0 Å². The molecule has 1 aromatic carbocycles. The van der Waals surface area contributed by atoms with Crippen molar-refractivity contribution in [3.8, 4) is 5.75 Å². The van der Waals surface area contributed by atoms with Crippen LogP contribution < -0.4 is 10.2 Å². The molecule has 0 aliphatic carbocycles. The van der Waals surface area contributed by atoms with E-state index in [4.69, 9.17) is 9.16 Å². The lowest BCUT2D eigenvalue weighted by molar-refractivity contribution is 0.0447. The van der Waals surface area contributed by atoms with Crippen LogP contribution in [0, 0.1) is 0 Å². The Labute approximate surface area is 170 Å². The summed E-state index contributed by atoms with van der Waals surface area (Å²) in [6.45, 7) is 12.0.